The van der Waals surface area contributed by atoms with Crippen LogP contribution in [0, 0.1) is 13.8 Å². The molecule has 1 aliphatic rings. The molecule has 124 valence electrons. The minimum absolute atomic E-state index is 0.0366. The fourth-order valence-electron chi connectivity index (χ4n) is 2.88. The molecule has 0 saturated heterocycles. The van der Waals surface area contributed by atoms with Gasteiger partial charge in [0, 0.05) is 69.5 Å². The van der Waals surface area contributed by atoms with Gasteiger partial charge in [0.15, 0.2) is 0 Å². The highest BCUT2D eigenvalue weighted by molar-refractivity contribution is 5.86. The van der Waals surface area contributed by atoms with Crippen molar-refractivity contribution in [2.75, 3.05) is 13.5 Å². The summed E-state index contributed by atoms with van der Waals surface area (Å²) in [4.78, 5) is 4.62. The zero-order valence-corrected chi connectivity index (χ0v) is 13.5. The Morgan fingerprint density at radius 3 is 3.04 bits per heavy atom. The highest BCUT2D eigenvalue weighted by Crippen LogP contribution is 2.31. The third-order valence-corrected chi connectivity index (χ3v) is 4.05. The molecule has 0 fully saturated rings. The van der Waals surface area contributed by atoms with Gasteiger partial charge in [0.1, 0.15) is 0 Å². The van der Waals surface area contributed by atoms with Crippen LogP contribution in [-0.2, 0) is 25.8 Å². The summed E-state index contributed by atoms with van der Waals surface area (Å²) in [5.74, 6) is 0. The van der Waals surface area contributed by atoms with Gasteiger partial charge in [-0.1, -0.05) is 17.7 Å². The second kappa shape index (κ2) is 6.06. The van der Waals surface area contributed by atoms with Crippen LogP contribution in [0.1, 0.15) is 43.2 Å². The topological polar surface area (TPSA) is 21.1 Å². The molecule has 1 aliphatic heterocycles. The Morgan fingerprint density at radius 2 is 2.25 bits per heavy atom. The number of pyridine rings is 1. The second-order valence-corrected chi connectivity index (χ2v) is 5.85. The van der Waals surface area contributed by atoms with E-state index in [-0.39, 0.29) is 22.5 Å². The number of aromatic nitrogens is 2. The first-order valence-electron chi connectivity index (χ1n) is 13.2. The fraction of sp³-hybridized carbons (Fsp3) is 0.381. The maximum Gasteiger partial charge on any atom is 0.0486 e. The van der Waals surface area contributed by atoms with Gasteiger partial charge in [-0.05, 0) is 56.5 Å². The van der Waals surface area contributed by atoms with Crippen LogP contribution in [0.25, 0.3) is 10.9 Å². The van der Waals surface area contributed by atoms with E-state index < -0.39 is 39.1 Å². The molecule has 2 aromatic heterocycles. The number of benzene rings is 1. The zero-order chi connectivity index (χ0) is 26.4. The molecule has 3 nitrogen and oxygen atoms in total. The molecule has 3 heteroatoms. The van der Waals surface area contributed by atoms with Gasteiger partial charge in [-0.15, -0.1) is 0 Å². The molecule has 3 aromatic rings. The average molecular weight is 331 g/mol. The number of fused-ring (bicyclic) bond motifs is 3. The van der Waals surface area contributed by atoms with Gasteiger partial charge < -0.3 is 9.47 Å². The SMILES string of the molecule is [2H]C([2H])([2H])c1ccc(C([2H])([2H])Cn2c3c(c4cc(C)ccc42)C([2H])([2H])N(C)C([2H])([2H])C3([2H])[2H])cn1. The lowest BCUT2D eigenvalue weighted by Crippen LogP contribution is -2.27. The molecule has 3 heterocycles. The van der Waals surface area contributed by atoms with Gasteiger partial charge >= 0.3 is 0 Å². The molecule has 0 N–H and O–H groups in total. The first-order valence-corrected chi connectivity index (χ1v) is 7.68. The van der Waals surface area contributed by atoms with Gasteiger partial charge in [0.2, 0.25) is 0 Å². The largest absolute Gasteiger partial charge is 0.344 e. The number of rotatable bonds is 3. The highest BCUT2D eigenvalue weighted by atomic mass is 15.1. The van der Waals surface area contributed by atoms with E-state index in [1.807, 2.05) is 0 Å². The summed E-state index contributed by atoms with van der Waals surface area (Å²) in [6.45, 7) is -6.22. The quantitative estimate of drug-likeness (QED) is 0.726. The van der Waals surface area contributed by atoms with Crippen molar-refractivity contribution < 1.29 is 15.1 Å². The molecule has 0 spiro atoms. The predicted octanol–water partition coefficient (Wildman–Crippen LogP) is 3.88. The Hall–Kier alpha value is -2.13. The second-order valence-electron chi connectivity index (χ2n) is 5.85. The van der Waals surface area contributed by atoms with E-state index in [0.717, 1.165) is 16.7 Å². The normalized spacial score (nSPS) is 29.2. The summed E-state index contributed by atoms with van der Waals surface area (Å²) in [7, 11) is 1.19. The van der Waals surface area contributed by atoms with Crippen LogP contribution in [0.15, 0.2) is 36.5 Å². The Balaban J connectivity index is 1.96. The van der Waals surface area contributed by atoms with Gasteiger partial charge in [0.05, 0.1) is 0 Å². The summed E-state index contributed by atoms with van der Waals surface area (Å²) in [5, 5.41) is 0.378. The molecular formula is C21H25N3. The van der Waals surface area contributed by atoms with Crippen molar-refractivity contribution in [1.29, 1.82) is 0 Å². The van der Waals surface area contributed by atoms with Crippen LogP contribution in [0.5, 0.6) is 0 Å². The lowest BCUT2D eigenvalue weighted by atomic mass is 10.0. The van der Waals surface area contributed by atoms with E-state index in [1.54, 1.807) is 25.1 Å². The van der Waals surface area contributed by atoms with E-state index >= 15 is 0 Å². The van der Waals surface area contributed by atoms with E-state index in [2.05, 4.69) is 4.98 Å². The molecule has 24 heavy (non-hydrogen) atoms. The van der Waals surface area contributed by atoms with Crippen molar-refractivity contribution in [2.24, 2.45) is 0 Å². The summed E-state index contributed by atoms with van der Waals surface area (Å²) in [6, 6.07) is 7.62. The molecule has 0 unspecified atom stereocenters. The minimum Gasteiger partial charge on any atom is -0.344 e. The van der Waals surface area contributed by atoms with Crippen LogP contribution in [0.2, 0.25) is 0 Å². The van der Waals surface area contributed by atoms with Gasteiger partial charge in [-0.2, -0.15) is 0 Å². The molecule has 0 amide bonds. The van der Waals surface area contributed by atoms with E-state index in [1.165, 1.54) is 23.7 Å². The predicted molar refractivity (Wildman–Crippen MR) is 99.4 cm³/mol. The number of likely N-dealkylation sites (N-methyl/N-ethyl adjacent to an activating group) is 1. The van der Waals surface area contributed by atoms with Crippen LogP contribution in [-0.4, -0.2) is 28.0 Å². The Morgan fingerprint density at radius 1 is 1.33 bits per heavy atom. The van der Waals surface area contributed by atoms with E-state index in [0.29, 0.717) is 10.9 Å². The minimum atomic E-state index is -2.74. The molecule has 4 rings (SSSR count). The van der Waals surface area contributed by atoms with Crippen LogP contribution < -0.4 is 0 Å². The van der Waals surface area contributed by atoms with Crippen molar-refractivity contribution in [1.82, 2.24) is 14.5 Å². The highest BCUT2D eigenvalue weighted by Gasteiger charge is 2.22. The zero-order valence-electron chi connectivity index (χ0n) is 24.5. The van der Waals surface area contributed by atoms with Crippen LogP contribution in [0.3, 0.4) is 0 Å². The first-order chi connectivity index (χ1) is 15.8. The summed E-state index contributed by atoms with van der Waals surface area (Å²) >= 11 is 0. The van der Waals surface area contributed by atoms with E-state index in [4.69, 9.17) is 15.1 Å². The van der Waals surface area contributed by atoms with Crippen LogP contribution in [0.4, 0.5) is 0 Å². The average Bonchev–Trinajstić information content (AvgIpc) is 3.05. The van der Waals surface area contributed by atoms with Crippen molar-refractivity contribution in [3.8, 4) is 0 Å². The fourth-order valence-corrected chi connectivity index (χ4v) is 2.88. The van der Waals surface area contributed by atoms with Crippen molar-refractivity contribution in [3.63, 3.8) is 0 Å². The lowest BCUT2D eigenvalue weighted by molar-refractivity contribution is 0.309. The molecule has 0 atom stereocenters. The van der Waals surface area contributed by atoms with Crippen molar-refractivity contribution in [2.45, 2.75) is 39.6 Å². The number of aryl methyl sites for hydroxylation is 4. The van der Waals surface area contributed by atoms with Crippen molar-refractivity contribution in [3.05, 3.63) is 64.6 Å². The van der Waals surface area contributed by atoms with Gasteiger partial charge in [-0.3, -0.25) is 4.98 Å². The maximum absolute atomic E-state index is 8.72. The lowest BCUT2D eigenvalue weighted by Gasteiger charge is -2.24. The Kier molecular flexibility index (Phi) is 1.87. The molecular weight excluding hydrogens is 294 g/mol. The maximum atomic E-state index is 8.72. The first kappa shape index (κ1) is 7.40. The van der Waals surface area contributed by atoms with Gasteiger partial charge in [0.25, 0.3) is 0 Å². The molecule has 0 bridgehead atoms. The number of hydrogen-bond donors (Lipinski definition) is 0. The number of hydrogen-bond acceptors (Lipinski definition) is 2. The number of nitrogens with zero attached hydrogens (tertiary/aromatic N) is 3. The van der Waals surface area contributed by atoms with E-state index in [9.17, 15) is 0 Å². The molecule has 0 radical (unpaired) electrons. The summed E-state index contributed by atoms with van der Waals surface area (Å²) < 4.78 is 92.8. The summed E-state index contributed by atoms with van der Waals surface area (Å²) in [5.41, 5.74) is 0.741. The third kappa shape index (κ3) is 2.73. The van der Waals surface area contributed by atoms with Crippen LogP contribution >= 0.6 is 0 Å². The Labute approximate surface area is 159 Å². The standard InChI is InChI=1S/C21H25N3/c1-15-4-7-20-18(12-15)19-14-23(3)10-9-21(19)24(20)11-8-17-6-5-16(2)22-13-17/h4-7,12-13H,8-11,14H2,1-3H3/i2D3,8D2,9D2,10D2,14D2. The molecule has 1 aromatic carbocycles. The monoisotopic (exact) mass is 330 g/mol. The Bertz CT molecular complexity index is 1290. The smallest absolute Gasteiger partial charge is 0.0486 e. The molecule has 0 aliphatic carbocycles. The van der Waals surface area contributed by atoms with Crippen molar-refractivity contribution >= 4 is 10.9 Å². The molecule has 0 saturated carbocycles. The summed E-state index contributed by atoms with van der Waals surface area (Å²) in [6.07, 6.45) is -3.72. The third-order valence-electron chi connectivity index (χ3n) is 4.05. The van der Waals surface area contributed by atoms with Gasteiger partial charge in [-0.25, -0.2) is 0 Å².